The van der Waals surface area contributed by atoms with E-state index >= 15 is 0 Å². The number of hydrogen-bond donors (Lipinski definition) is 1. The van der Waals surface area contributed by atoms with Crippen LogP contribution in [-0.2, 0) is 0 Å². The van der Waals surface area contributed by atoms with E-state index in [1.165, 1.54) is 11.3 Å². The van der Waals surface area contributed by atoms with Crippen LogP contribution >= 0.6 is 47.5 Å². The van der Waals surface area contributed by atoms with Crippen molar-refractivity contribution >= 4 is 68.1 Å². The van der Waals surface area contributed by atoms with Crippen LogP contribution in [0.15, 0.2) is 6.07 Å². The van der Waals surface area contributed by atoms with E-state index in [1.807, 2.05) is 13.1 Å². The number of fused-ring (bicyclic) bond motifs is 1. The second-order valence-electron chi connectivity index (χ2n) is 6.37. The van der Waals surface area contributed by atoms with E-state index < -0.39 is 0 Å². The van der Waals surface area contributed by atoms with E-state index in [4.69, 9.17) is 5.73 Å². The minimum atomic E-state index is 0. The molecule has 0 aromatic carbocycles. The number of hydrogen-bond acceptors (Lipinski definition) is 6. The number of carbonyl (C=O) groups excluding carboxylic acids is 1. The number of thiazole rings is 1. The quantitative estimate of drug-likeness (QED) is 0.656. The minimum Gasteiger partial charge on any atom is -0.349 e. The molecule has 1 atom stereocenters. The molecule has 2 heterocycles. The zero-order valence-corrected chi connectivity index (χ0v) is 19.3. The third-order valence-electron chi connectivity index (χ3n) is 4.32. The van der Waals surface area contributed by atoms with Crippen LogP contribution in [0, 0.1) is 5.92 Å². The largest absolute Gasteiger partial charge is 0.349 e. The maximum atomic E-state index is 12.6. The fourth-order valence-corrected chi connectivity index (χ4v) is 4.76. The zero-order valence-electron chi connectivity index (χ0n) is 16.0. The Hall–Kier alpha value is -0.600. The maximum absolute atomic E-state index is 12.6. The topological polar surface area (TPSA) is 62.5 Å². The smallest absolute Gasteiger partial charge is 0.263 e. The van der Waals surface area contributed by atoms with Gasteiger partial charge in [-0.3, -0.25) is 4.79 Å². The summed E-state index contributed by atoms with van der Waals surface area (Å²) < 4.78 is 1.09. The van der Waals surface area contributed by atoms with Crippen molar-refractivity contribution in [1.29, 1.82) is 0 Å². The van der Waals surface area contributed by atoms with Crippen molar-refractivity contribution in [3.05, 3.63) is 10.9 Å². The van der Waals surface area contributed by atoms with Crippen LogP contribution in [0.25, 0.3) is 9.53 Å². The summed E-state index contributed by atoms with van der Waals surface area (Å²) in [5, 5.41) is 1.04. The average molecular weight is 441 g/mol. The van der Waals surface area contributed by atoms with Gasteiger partial charge < -0.3 is 15.5 Å². The normalized spacial score (nSPS) is 11.8. The Morgan fingerprint density at radius 2 is 1.85 bits per heavy atom. The number of nitrogens with two attached hydrogens (primary N) is 1. The number of halogens is 2. The molecule has 0 bridgehead atoms. The molecule has 2 aromatic rings. The summed E-state index contributed by atoms with van der Waals surface area (Å²) in [5.74, 6) is 0.494. The molecule has 0 aliphatic heterocycles. The first-order valence-corrected chi connectivity index (χ1v) is 10.2. The maximum Gasteiger partial charge on any atom is 0.263 e. The van der Waals surface area contributed by atoms with Gasteiger partial charge in [0.2, 0.25) is 0 Å². The van der Waals surface area contributed by atoms with Crippen LogP contribution in [-0.4, -0.2) is 48.5 Å². The highest BCUT2D eigenvalue weighted by Crippen LogP contribution is 2.35. The number of amides is 1. The molecular weight excluding hydrogens is 411 g/mol. The summed E-state index contributed by atoms with van der Waals surface area (Å²) in [6.45, 7) is 11.1. The van der Waals surface area contributed by atoms with Gasteiger partial charge in [-0.05, 0) is 32.3 Å². The Balaban J connectivity index is 0.00000312. The lowest BCUT2D eigenvalue weighted by Gasteiger charge is -2.21. The fourth-order valence-electron chi connectivity index (χ4n) is 2.42. The molecule has 2 rings (SSSR count). The van der Waals surface area contributed by atoms with Crippen molar-refractivity contribution in [3.8, 4) is 0 Å². The third kappa shape index (κ3) is 5.96. The number of aromatic nitrogens is 1. The van der Waals surface area contributed by atoms with E-state index in [0.29, 0.717) is 12.5 Å². The molecule has 5 nitrogen and oxygen atoms in total. The van der Waals surface area contributed by atoms with Gasteiger partial charge in [0.05, 0.1) is 9.58 Å². The van der Waals surface area contributed by atoms with Gasteiger partial charge in [-0.1, -0.05) is 25.2 Å². The van der Waals surface area contributed by atoms with Crippen LogP contribution < -0.4 is 10.6 Å². The van der Waals surface area contributed by atoms with Gasteiger partial charge in [0.15, 0.2) is 5.13 Å². The van der Waals surface area contributed by atoms with Gasteiger partial charge in [0, 0.05) is 32.7 Å². The Morgan fingerprint density at radius 1 is 1.23 bits per heavy atom. The van der Waals surface area contributed by atoms with E-state index in [1.54, 1.807) is 16.2 Å². The third-order valence-corrected chi connectivity index (χ3v) is 6.53. The van der Waals surface area contributed by atoms with Crippen molar-refractivity contribution in [2.24, 2.45) is 11.7 Å². The molecule has 0 saturated carbocycles. The van der Waals surface area contributed by atoms with Gasteiger partial charge >= 0.3 is 0 Å². The fraction of sp³-hybridized carbons (Fsp3) is 0.647. The number of rotatable bonds is 8. The van der Waals surface area contributed by atoms with Crippen molar-refractivity contribution < 1.29 is 4.79 Å². The average Bonchev–Trinajstić information content (AvgIpc) is 3.11. The molecular formula is C17H30Cl2N4OS2. The van der Waals surface area contributed by atoms with Gasteiger partial charge in [-0.25, -0.2) is 4.98 Å². The second kappa shape index (κ2) is 11.3. The van der Waals surface area contributed by atoms with Crippen LogP contribution in [0.1, 0.15) is 43.8 Å². The first-order valence-electron chi connectivity index (χ1n) is 8.53. The van der Waals surface area contributed by atoms with Crippen LogP contribution in [0.4, 0.5) is 5.13 Å². The highest BCUT2D eigenvalue weighted by Gasteiger charge is 2.19. The van der Waals surface area contributed by atoms with E-state index in [9.17, 15) is 4.79 Å². The minimum absolute atomic E-state index is 0. The lowest BCUT2D eigenvalue weighted by Crippen LogP contribution is -2.34. The molecule has 0 radical (unpaired) electrons. The van der Waals surface area contributed by atoms with Gasteiger partial charge in [0.1, 0.15) is 4.83 Å². The Kier molecular flexibility index (Phi) is 11.0. The Bertz CT molecular complexity index is 654. The van der Waals surface area contributed by atoms with E-state index in [-0.39, 0.29) is 36.8 Å². The van der Waals surface area contributed by atoms with Crippen molar-refractivity contribution in [3.63, 3.8) is 0 Å². The van der Waals surface area contributed by atoms with Crippen LogP contribution in [0.3, 0.4) is 0 Å². The molecule has 0 spiro atoms. The van der Waals surface area contributed by atoms with Crippen molar-refractivity contribution in [2.75, 3.05) is 31.6 Å². The molecule has 26 heavy (non-hydrogen) atoms. The highest BCUT2D eigenvalue weighted by molar-refractivity contribution is 7.29. The summed E-state index contributed by atoms with van der Waals surface area (Å²) in [6, 6.07) is 2.11. The second-order valence-corrected chi connectivity index (χ2v) is 8.41. The first-order chi connectivity index (χ1) is 11.4. The van der Waals surface area contributed by atoms with E-state index in [0.717, 1.165) is 39.0 Å². The van der Waals surface area contributed by atoms with Gasteiger partial charge in [-0.2, -0.15) is 0 Å². The van der Waals surface area contributed by atoms with Crippen LogP contribution in [0.5, 0.6) is 0 Å². The predicted molar refractivity (Wildman–Crippen MR) is 120 cm³/mol. The molecule has 1 unspecified atom stereocenters. The molecule has 0 saturated heterocycles. The summed E-state index contributed by atoms with van der Waals surface area (Å²) in [5.41, 5.74) is 6.07. The molecule has 2 N–H and O–H groups in total. The zero-order chi connectivity index (χ0) is 17.9. The Labute approximate surface area is 176 Å². The molecule has 0 aliphatic carbocycles. The molecule has 1 amide bonds. The van der Waals surface area contributed by atoms with Gasteiger partial charge in [0.25, 0.3) is 5.91 Å². The summed E-state index contributed by atoms with van der Waals surface area (Å²) in [7, 11) is 1.85. The first kappa shape index (κ1) is 25.4. The van der Waals surface area contributed by atoms with Crippen LogP contribution in [0.2, 0.25) is 0 Å². The lowest BCUT2D eigenvalue weighted by molar-refractivity contribution is 0.0794. The monoisotopic (exact) mass is 440 g/mol. The summed E-state index contributed by atoms with van der Waals surface area (Å²) >= 11 is 3.14. The molecule has 9 heteroatoms. The summed E-state index contributed by atoms with van der Waals surface area (Å²) in [6.07, 6.45) is 0.823. The molecule has 150 valence electrons. The molecule has 0 fully saturated rings. The standard InChI is InChI=1S/C17H28N4OS2.2ClH/c1-6-21(7-2)17-19-15-13(24-17)10-14(23-15)16(22)20(5)9-8-12(18)11(3)4;;/h10-12H,6-9,18H2,1-5H3;2*1H. The van der Waals surface area contributed by atoms with Crippen molar-refractivity contribution in [1.82, 2.24) is 9.88 Å². The SMILES string of the molecule is CCN(CC)c1nc2sc(C(=O)N(C)CCC(N)C(C)C)cc2s1.Cl.Cl. The number of thiophene rings is 1. The molecule has 2 aromatic heterocycles. The predicted octanol–water partition coefficient (Wildman–Crippen LogP) is 4.49. The molecule has 0 aliphatic rings. The lowest BCUT2D eigenvalue weighted by atomic mass is 10.0. The van der Waals surface area contributed by atoms with E-state index in [2.05, 4.69) is 37.6 Å². The number of anilines is 1. The number of nitrogens with zero attached hydrogens (tertiary/aromatic N) is 3. The highest BCUT2D eigenvalue weighted by atomic mass is 35.5. The number of carbonyl (C=O) groups is 1. The Morgan fingerprint density at radius 3 is 2.35 bits per heavy atom. The van der Waals surface area contributed by atoms with Crippen molar-refractivity contribution in [2.45, 2.75) is 40.2 Å². The summed E-state index contributed by atoms with van der Waals surface area (Å²) in [4.78, 5) is 23.0. The van der Waals surface area contributed by atoms with Gasteiger partial charge in [-0.15, -0.1) is 36.2 Å².